The van der Waals surface area contributed by atoms with Gasteiger partial charge in [0, 0.05) is 51.9 Å². The third-order valence-electron chi connectivity index (χ3n) is 7.80. The number of Topliss-reactive ketones (excluding diaryl/α,β-unsaturated/α-hetero) is 2. The van der Waals surface area contributed by atoms with Crippen molar-refractivity contribution in [3.8, 4) is 11.5 Å². The predicted octanol–water partition coefficient (Wildman–Crippen LogP) is 6.54. The normalized spacial score (nSPS) is 17.4. The fourth-order valence-electron chi connectivity index (χ4n) is 6.24. The molecule has 0 saturated heterocycles. The molecule has 2 aromatic rings. The molecule has 0 bridgehead atoms. The Balaban J connectivity index is 1.67. The molecule has 0 atom stereocenters. The van der Waals surface area contributed by atoms with E-state index in [1.165, 1.54) is 0 Å². The van der Waals surface area contributed by atoms with Crippen molar-refractivity contribution in [1.82, 2.24) is 4.90 Å². The van der Waals surface area contributed by atoms with Crippen LogP contribution in [0, 0.1) is 0 Å². The lowest BCUT2D eigenvalue weighted by Crippen LogP contribution is -2.41. The van der Waals surface area contributed by atoms with Crippen LogP contribution in [0.3, 0.4) is 0 Å². The lowest BCUT2D eigenvalue weighted by molar-refractivity contribution is -0.138. The Hall–Kier alpha value is -3.84. The lowest BCUT2D eigenvalue weighted by Gasteiger charge is -2.43. The standard InChI is InChI=1S/C33H34ClNO6/c1-3-8-21-16-22(17-28(40-4-2)33(21)41-19-20-9-5-10-23(34)15-20)30-31-24(11-6-13-26(31)36)35(18-29(38)39)25-12-7-14-27(37)32(25)30/h3,5,9-10,15-17,30H,1,4,6-8,11-14,18-19H2,2H3,(H,38,39). The van der Waals surface area contributed by atoms with Gasteiger partial charge < -0.3 is 19.5 Å². The molecule has 3 aliphatic rings. The molecule has 41 heavy (non-hydrogen) atoms. The first-order valence-electron chi connectivity index (χ1n) is 14.1. The van der Waals surface area contributed by atoms with Gasteiger partial charge in [-0.1, -0.05) is 35.9 Å². The number of rotatable bonds is 10. The van der Waals surface area contributed by atoms with Crippen molar-refractivity contribution in [3.63, 3.8) is 0 Å². The molecule has 0 aromatic heterocycles. The van der Waals surface area contributed by atoms with Crippen molar-refractivity contribution in [1.29, 1.82) is 0 Å². The van der Waals surface area contributed by atoms with Gasteiger partial charge in [-0.05, 0) is 68.4 Å². The van der Waals surface area contributed by atoms with E-state index in [1.807, 2.05) is 37.3 Å². The Morgan fingerprint density at radius 3 is 2.32 bits per heavy atom. The Morgan fingerprint density at radius 2 is 1.73 bits per heavy atom. The van der Waals surface area contributed by atoms with Gasteiger partial charge in [-0.25, -0.2) is 0 Å². The van der Waals surface area contributed by atoms with Gasteiger partial charge in [0.05, 0.1) is 6.61 Å². The second kappa shape index (κ2) is 12.4. The number of carbonyl (C=O) groups is 3. The summed E-state index contributed by atoms with van der Waals surface area (Å²) in [7, 11) is 0. The summed E-state index contributed by atoms with van der Waals surface area (Å²) in [6.45, 7) is 6.22. The average molecular weight is 576 g/mol. The molecule has 7 nitrogen and oxygen atoms in total. The van der Waals surface area contributed by atoms with Gasteiger partial charge in [-0.15, -0.1) is 6.58 Å². The SMILES string of the molecule is C=CCc1cc(C2C3=C(CCCC3=O)N(CC(=O)O)C3=C2C(=O)CCC3)cc(OCC)c1OCc1cccc(Cl)c1. The van der Waals surface area contributed by atoms with Crippen molar-refractivity contribution < 1.29 is 29.0 Å². The lowest BCUT2D eigenvalue weighted by atomic mass is 9.70. The minimum Gasteiger partial charge on any atom is -0.490 e. The first-order chi connectivity index (χ1) is 19.8. The molecule has 0 radical (unpaired) electrons. The first-order valence-corrected chi connectivity index (χ1v) is 14.5. The van der Waals surface area contributed by atoms with E-state index in [2.05, 4.69) is 6.58 Å². The molecule has 5 rings (SSSR count). The maximum Gasteiger partial charge on any atom is 0.323 e. The number of halogens is 1. The number of allylic oxidation sites excluding steroid dienone is 5. The zero-order chi connectivity index (χ0) is 29.1. The van der Waals surface area contributed by atoms with Crippen LogP contribution in [0.2, 0.25) is 5.02 Å². The van der Waals surface area contributed by atoms with Crippen LogP contribution in [0.25, 0.3) is 0 Å². The van der Waals surface area contributed by atoms with E-state index in [1.54, 1.807) is 17.0 Å². The van der Waals surface area contributed by atoms with Crippen LogP contribution < -0.4 is 9.47 Å². The molecule has 0 unspecified atom stereocenters. The molecule has 1 aliphatic heterocycles. The van der Waals surface area contributed by atoms with Crippen LogP contribution in [0.5, 0.6) is 11.5 Å². The number of carboxylic acids is 1. The molecule has 214 valence electrons. The molecule has 0 spiro atoms. The smallest absolute Gasteiger partial charge is 0.323 e. The number of hydrogen-bond donors (Lipinski definition) is 1. The van der Waals surface area contributed by atoms with Crippen molar-refractivity contribution in [3.05, 3.63) is 93.3 Å². The number of carbonyl (C=O) groups excluding carboxylic acids is 2. The summed E-state index contributed by atoms with van der Waals surface area (Å²) < 4.78 is 12.4. The summed E-state index contributed by atoms with van der Waals surface area (Å²) in [4.78, 5) is 40.7. The van der Waals surface area contributed by atoms with Gasteiger partial charge >= 0.3 is 5.97 Å². The molecule has 2 aromatic carbocycles. The highest BCUT2D eigenvalue weighted by Crippen LogP contribution is 2.50. The average Bonchev–Trinajstić information content (AvgIpc) is 2.93. The van der Waals surface area contributed by atoms with Crippen molar-refractivity contribution >= 4 is 29.1 Å². The molecular weight excluding hydrogens is 542 g/mol. The topological polar surface area (TPSA) is 93.1 Å². The van der Waals surface area contributed by atoms with Crippen molar-refractivity contribution in [2.45, 2.75) is 64.4 Å². The van der Waals surface area contributed by atoms with Gasteiger partial charge in [-0.2, -0.15) is 0 Å². The summed E-state index contributed by atoms with van der Waals surface area (Å²) >= 11 is 6.18. The summed E-state index contributed by atoms with van der Waals surface area (Å²) in [6.07, 6.45) is 5.48. The highest BCUT2D eigenvalue weighted by atomic mass is 35.5. The second-order valence-electron chi connectivity index (χ2n) is 10.5. The van der Waals surface area contributed by atoms with Crippen LogP contribution in [-0.2, 0) is 27.4 Å². The summed E-state index contributed by atoms with van der Waals surface area (Å²) in [5.41, 5.74) is 5.02. The monoisotopic (exact) mass is 575 g/mol. The molecule has 0 saturated carbocycles. The zero-order valence-corrected chi connectivity index (χ0v) is 24.0. The Labute approximate surface area is 245 Å². The highest BCUT2D eigenvalue weighted by molar-refractivity contribution is 6.30. The van der Waals surface area contributed by atoms with E-state index in [-0.39, 0.29) is 24.7 Å². The fraction of sp³-hybridized carbons (Fsp3) is 0.364. The Kier molecular flexibility index (Phi) is 8.64. The largest absolute Gasteiger partial charge is 0.490 e. The van der Waals surface area contributed by atoms with Crippen molar-refractivity contribution in [2.24, 2.45) is 0 Å². The quantitative estimate of drug-likeness (QED) is 0.321. The molecular formula is C33H34ClNO6. The summed E-state index contributed by atoms with van der Waals surface area (Å²) in [5, 5.41) is 10.3. The maximum atomic E-state index is 13.6. The van der Waals surface area contributed by atoms with Gasteiger partial charge in [0.1, 0.15) is 13.2 Å². The summed E-state index contributed by atoms with van der Waals surface area (Å²) in [6, 6.07) is 11.3. The number of carboxylic acid groups (broad SMARTS) is 1. The maximum absolute atomic E-state index is 13.6. The second-order valence-corrected chi connectivity index (χ2v) is 11.0. The number of hydrogen-bond acceptors (Lipinski definition) is 6. The van der Waals surface area contributed by atoms with E-state index in [0.717, 1.165) is 28.1 Å². The van der Waals surface area contributed by atoms with Crippen LogP contribution in [-0.4, -0.2) is 40.7 Å². The van der Waals surface area contributed by atoms with Crippen LogP contribution in [0.4, 0.5) is 0 Å². The predicted molar refractivity (Wildman–Crippen MR) is 156 cm³/mol. The molecule has 1 N–H and O–H groups in total. The van der Waals surface area contributed by atoms with Gasteiger partial charge in [0.2, 0.25) is 0 Å². The Morgan fingerprint density at radius 1 is 1.05 bits per heavy atom. The molecule has 8 heteroatoms. The van der Waals surface area contributed by atoms with Crippen LogP contribution in [0.15, 0.2) is 71.6 Å². The number of nitrogens with zero attached hydrogens (tertiary/aromatic N) is 1. The highest BCUT2D eigenvalue weighted by Gasteiger charge is 2.44. The third-order valence-corrected chi connectivity index (χ3v) is 8.04. The van der Waals surface area contributed by atoms with E-state index in [0.29, 0.717) is 79.2 Å². The summed E-state index contributed by atoms with van der Waals surface area (Å²) in [5.74, 6) is -0.566. The fourth-order valence-corrected chi connectivity index (χ4v) is 6.45. The number of ketones is 2. The zero-order valence-electron chi connectivity index (χ0n) is 23.2. The number of benzene rings is 2. The van der Waals surface area contributed by atoms with E-state index in [4.69, 9.17) is 21.1 Å². The third kappa shape index (κ3) is 5.82. The van der Waals surface area contributed by atoms with Crippen molar-refractivity contribution in [2.75, 3.05) is 13.2 Å². The van der Waals surface area contributed by atoms with E-state index in [9.17, 15) is 19.5 Å². The van der Waals surface area contributed by atoms with E-state index >= 15 is 0 Å². The number of ether oxygens (including phenoxy) is 2. The molecule has 0 amide bonds. The molecule has 2 aliphatic carbocycles. The minimum atomic E-state index is -0.994. The minimum absolute atomic E-state index is 0.0407. The van der Waals surface area contributed by atoms with Gasteiger partial charge in [0.15, 0.2) is 23.1 Å². The molecule has 1 heterocycles. The molecule has 0 fully saturated rings. The van der Waals surface area contributed by atoms with Crippen LogP contribution in [0.1, 0.15) is 68.1 Å². The van der Waals surface area contributed by atoms with Gasteiger partial charge in [-0.3, -0.25) is 14.4 Å². The van der Waals surface area contributed by atoms with E-state index < -0.39 is 11.9 Å². The first kappa shape index (κ1) is 28.7. The number of aliphatic carboxylic acids is 1. The Bertz CT molecular complexity index is 1430. The van der Waals surface area contributed by atoms with Crippen LogP contribution >= 0.6 is 11.6 Å². The van der Waals surface area contributed by atoms with Gasteiger partial charge in [0.25, 0.3) is 0 Å².